The van der Waals surface area contributed by atoms with Crippen molar-refractivity contribution in [1.29, 1.82) is 0 Å². The second kappa shape index (κ2) is 5.81. The van der Waals surface area contributed by atoms with Crippen LogP contribution in [0.4, 0.5) is 5.69 Å². The molecule has 7 heteroatoms. The quantitative estimate of drug-likeness (QED) is 0.689. The molecule has 1 fully saturated rings. The first kappa shape index (κ1) is 16.5. The SMILES string of the molecule is Nc1ccc(-c2nc(C3(S(=O)(=O)c4ccccc4)CC3)cc(=O)[nH]2)cc1. The summed E-state index contributed by atoms with van der Waals surface area (Å²) in [5, 5.41) is 0. The molecule has 0 spiro atoms. The van der Waals surface area contributed by atoms with Crippen LogP contribution in [-0.4, -0.2) is 18.4 Å². The van der Waals surface area contributed by atoms with Crippen LogP contribution in [0.1, 0.15) is 18.5 Å². The van der Waals surface area contributed by atoms with Crippen molar-refractivity contribution in [2.75, 3.05) is 5.73 Å². The van der Waals surface area contributed by atoms with E-state index < -0.39 is 14.6 Å². The van der Waals surface area contributed by atoms with Crippen molar-refractivity contribution in [3.63, 3.8) is 0 Å². The topological polar surface area (TPSA) is 106 Å². The maximum atomic E-state index is 13.2. The molecule has 1 aliphatic rings. The molecular weight excluding hydrogens is 350 g/mol. The lowest BCUT2D eigenvalue weighted by atomic mass is 10.2. The number of nitrogen functional groups attached to an aromatic ring is 1. The number of nitrogens with two attached hydrogens (primary N) is 1. The summed E-state index contributed by atoms with van der Waals surface area (Å²) in [6.45, 7) is 0. The van der Waals surface area contributed by atoms with Crippen LogP contribution >= 0.6 is 0 Å². The highest BCUT2D eigenvalue weighted by molar-refractivity contribution is 7.92. The van der Waals surface area contributed by atoms with E-state index >= 15 is 0 Å². The van der Waals surface area contributed by atoms with Crippen LogP contribution in [0, 0.1) is 0 Å². The molecule has 0 aliphatic heterocycles. The minimum Gasteiger partial charge on any atom is -0.399 e. The molecule has 0 radical (unpaired) electrons. The van der Waals surface area contributed by atoms with Gasteiger partial charge in [0.05, 0.1) is 10.6 Å². The van der Waals surface area contributed by atoms with E-state index in [9.17, 15) is 13.2 Å². The van der Waals surface area contributed by atoms with Crippen molar-refractivity contribution >= 4 is 15.5 Å². The Morgan fingerprint density at radius 1 is 1.00 bits per heavy atom. The Labute approximate surface area is 150 Å². The van der Waals surface area contributed by atoms with Crippen LogP contribution in [0.2, 0.25) is 0 Å². The second-order valence-corrected chi connectivity index (χ2v) is 8.67. The number of aromatic nitrogens is 2. The summed E-state index contributed by atoms with van der Waals surface area (Å²) >= 11 is 0. The first-order chi connectivity index (χ1) is 12.4. The first-order valence-electron chi connectivity index (χ1n) is 8.20. The normalized spacial score (nSPS) is 15.5. The average Bonchev–Trinajstić information content (AvgIpc) is 3.45. The van der Waals surface area contributed by atoms with Gasteiger partial charge < -0.3 is 10.7 Å². The standard InChI is InChI=1S/C19H17N3O3S/c20-14-8-6-13(7-9-14)18-21-16(12-17(23)22-18)19(10-11-19)26(24,25)15-4-2-1-3-5-15/h1-9,12H,10-11,20H2,(H,21,22,23). The molecule has 0 bridgehead atoms. The molecule has 1 saturated carbocycles. The number of nitrogens with zero attached hydrogens (tertiary/aromatic N) is 1. The summed E-state index contributed by atoms with van der Waals surface area (Å²) in [6.07, 6.45) is 0.893. The third-order valence-corrected chi connectivity index (χ3v) is 7.20. The Hall–Kier alpha value is -2.93. The van der Waals surface area contributed by atoms with Crippen molar-refractivity contribution in [3.05, 3.63) is 76.7 Å². The van der Waals surface area contributed by atoms with E-state index in [1.54, 1.807) is 54.6 Å². The van der Waals surface area contributed by atoms with Gasteiger partial charge >= 0.3 is 0 Å². The number of aromatic amines is 1. The van der Waals surface area contributed by atoms with Crippen LogP contribution in [0.5, 0.6) is 0 Å². The van der Waals surface area contributed by atoms with Gasteiger partial charge in [0.15, 0.2) is 9.84 Å². The summed E-state index contributed by atoms with van der Waals surface area (Å²) < 4.78 is 25.2. The van der Waals surface area contributed by atoms with E-state index in [1.165, 1.54) is 6.07 Å². The molecule has 0 saturated heterocycles. The molecule has 132 valence electrons. The van der Waals surface area contributed by atoms with Gasteiger partial charge in [-0.25, -0.2) is 13.4 Å². The molecular formula is C19H17N3O3S. The number of nitrogens with one attached hydrogen (secondary N) is 1. The lowest BCUT2D eigenvalue weighted by Gasteiger charge is -2.16. The summed E-state index contributed by atoms with van der Waals surface area (Å²) in [4.78, 5) is 19.6. The highest BCUT2D eigenvalue weighted by Crippen LogP contribution is 2.54. The minimum atomic E-state index is -3.64. The lowest BCUT2D eigenvalue weighted by Crippen LogP contribution is -2.25. The van der Waals surface area contributed by atoms with Gasteiger partial charge in [-0.05, 0) is 49.2 Å². The van der Waals surface area contributed by atoms with E-state index in [2.05, 4.69) is 9.97 Å². The van der Waals surface area contributed by atoms with Crippen LogP contribution in [-0.2, 0) is 14.6 Å². The lowest BCUT2D eigenvalue weighted by molar-refractivity contribution is 0.578. The van der Waals surface area contributed by atoms with Crippen molar-refractivity contribution in [2.24, 2.45) is 0 Å². The van der Waals surface area contributed by atoms with Crippen LogP contribution in [0.3, 0.4) is 0 Å². The summed E-state index contributed by atoms with van der Waals surface area (Å²) in [6, 6.07) is 16.5. The number of sulfone groups is 1. The van der Waals surface area contributed by atoms with Crippen molar-refractivity contribution in [1.82, 2.24) is 9.97 Å². The van der Waals surface area contributed by atoms with Crippen molar-refractivity contribution in [2.45, 2.75) is 22.5 Å². The fourth-order valence-electron chi connectivity index (χ4n) is 3.07. The molecule has 1 aliphatic carbocycles. The molecule has 2 aromatic carbocycles. The Morgan fingerprint density at radius 3 is 2.27 bits per heavy atom. The van der Waals surface area contributed by atoms with Gasteiger partial charge in [0.25, 0.3) is 5.56 Å². The molecule has 26 heavy (non-hydrogen) atoms. The molecule has 3 aromatic rings. The maximum absolute atomic E-state index is 13.2. The maximum Gasteiger partial charge on any atom is 0.251 e. The van der Waals surface area contributed by atoms with Gasteiger partial charge in [0.1, 0.15) is 10.6 Å². The monoisotopic (exact) mass is 367 g/mol. The summed E-state index contributed by atoms with van der Waals surface area (Å²) in [7, 11) is -3.64. The summed E-state index contributed by atoms with van der Waals surface area (Å²) in [5.41, 5.74) is 6.87. The number of rotatable bonds is 4. The largest absolute Gasteiger partial charge is 0.399 e. The number of hydrogen-bond donors (Lipinski definition) is 2. The van der Waals surface area contributed by atoms with Crippen LogP contribution < -0.4 is 11.3 Å². The predicted octanol–water partition coefficient (Wildman–Crippen LogP) is 2.48. The average molecular weight is 367 g/mol. The number of hydrogen-bond acceptors (Lipinski definition) is 5. The Bertz CT molecular complexity index is 1120. The smallest absolute Gasteiger partial charge is 0.251 e. The zero-order chi connectivity index (χ0) is 18.4. The second-order valence-electron chi connectivity index (χ2n) is 6.41. The molecule has 0 unspecified atom stereocenters. The zero-order valence-corrected chi connectivity index (χ0v) is 14.7. The van der Waals surface area contributed by atoms with Gasteiger partial charge in [0.2, 0.25) is 0 Å². The highest BCUT2D eigenvalue weighted by Gasteiger charge is 2.57. The Kier molecular flexibility index (Phi) is 3.69. The Morgan fingerprint density at radius 2 is 1.65 bits per heavy atom. The number of anilines is 1. The molecule has 4 rings (SSSR count). The molecule has 1 aromatic heterocycles. The van der Waals surface area contributed by atoms with Crippen molar-refractivity contribution < 1.29 is 8.42 Å². The Balaban J connectivity index is 1.83. The van der Waals surface area contributed by atoms with Crippen molar-refractivity contribution in [3.8, 4) is 11.4 Å². The molecule has 3 N–H and O–H groups in total. The van der Waals surface area contributed by atoms with E-state index in [1.807, 2.05) is 0 Å². The van der Waals surface area contributed by atoms with Gasteiger partial charge in [0, 0.05) is 17.3 Å². The minimum absolute atomic E-state index is 0.244. The fourth-order valence-corrected chi connectivity index (χ4v) is 5.06. The third-order valence-electron chi connectivity index (χ3n) is 4.66. The predicted molar refractivity (Wildman–Crippen MR) is 99.2 cm³/mol. The number of benzene rings is 2. The molecule has 1 heterocycles. The van der Waals surface area contributed by atoms with E-state index in [0.717, 1.165) is 0 Å². The van der Waals surface area contributed by atoms with Crippen LogP contribution in [0.25, 0.3) is 11.4 Å². The van der Waals surface area contributed by atoms with E-state index in [-0.39, 0.29) is 16.1 Å². The first-order valence-corrected chi connectivity index (χ1v) is 9.68. The zero-order valence-electron chi connectivity index (χ0n) is 13.8. The van der Waals surface area contributed by atoms with Gasteiger partial charge in [-0.15, -0.1) is 0 Å². The number of H-pyrrole nitrogens is 1. The van der Waals surface area contributed by atoms with E-state index in [4.69, 9.17) is 5.73 Å². The van der Waals surface area contributed by atoms with Gasteiger partial charge in [-0.2, -0.15) is 0 Å². The summed E-state index contributed by atoms with van der Waals surface area (Å²) in [5.74, 6) is 0.335. The molecule has 0 amide bonds. The molecule has 6 nitrogen and oxygen atoms in total. The third kappa shape index (κ3) is 2.61. The molecule has 0 atom stereocenters. The highest BCUT2D eigenvalue weighted by atomic mass is 32.2. The van der Waals surface area contributed by atoms with Gasteiger partial charge in [-0.1, -0.05) is 18.2 Å². The van der Waals surface area contributed by atoms with Gasteiger partial charge in [-0.3, -0.25) is 4.79 Å². The van der Waals surface area contributed by atoms with E-state index in [0.29, 0.717) is 29.9 Å². The fraction of sp³-hybridized carbons (Fsp3) is 0.158. The van der Waals surface area contributed by atoms with Crippen LogP contribution in [0.15, 0.2) is 70.4 Å².